The van der Waals surface area contributed by atoms with Crippen molar-refractivity contribution in [2.75, 3.05) is 46.3 Å². The van der Waals surface area contributed by atoms with Gasteiger partial charge in [0, 0.05) is 43.9 Å². The molecule has 118 valence electrons. The van der Waals surface area contributed by atoms with Crippen LogP contribution in [0.4, 0.5) is 4.39 Å². The van der Waals surface area contributed by atoms with Crippen LogP contribution >= 0.6 is 0 Å². The highest BCUT2D eigenvalue weighted by molar-refractivity contribution is 5.34. The Morgan fingerprint density at radius 3 is 2.67 bits per heavy atom. The molecule has 1 aliphatic heterocycles. The summed E-state index contributed by atoms with van der Waals surface area (Å²) in [4.78, 5) is 4.84. The van der Waals surface area contributed by atoms with Crippen molar-refractivity contribution in [3.05, 3.63) is 29.6 Å². The predicted molar refractivity (Wildman–Crippen MR) is 83.0 cm³/mol. The van der Waals surface area contributed by atoms with Gasteiger partial charge in [-0.3, -0.25) is 0 Å². The molecule has 1 heterocycles. The van der Waals surface area contributed by atoms with Crippen LogP contribution in [0.5, 0.6) is 5.75 Å². The molecule has 1 fully saturated rings. The SMILES string of the molecule is CC(NCCCN1CCN(C)CC1)c1ccc(F)cc1O. The Bertz CT molecular complexity index is 447. The Balaban J connectivity index is 1.68. The number of rotatable bonds is 6. The minimum atomic E-state index is -0.404. The summed E-state index contributed by atoms with van der Waals surface area (Å²) in [6, 6.07) is 4.22. The Hall–Kier alpha value is -1.17. The molecule has 21 heavy (non-hydrogen) atoms. The van der Waals surface area contributed by atoms with Crippen molar-refractivity contribution in [2.24, 2.45) is 0 Å². The monoisotopic (exact) mass is 295 g/mol. The molecular weight excluding hydrogens is 269 g/mol. The van der Waals surface area contributed by atoms with Gasteiger partial charge in [-0.15, -0.1) is 0 Å². The van der Waals surface area contributed by atoms with Crippen LogP contribution < -0.4 is 5.32 Å². The second-order valence-electron chi connectivity index (χ2n) is 5.88. The van der Waals surface area contributed by atoms with Crippen LogP contribution in [0.15, 0.2) is 18.2 Å². The van der Waals surface area contributed by atoms with Crippen LogP contribution in [0, 0.1) is 5.82 Å². The van der Waals surface area contributed by atoms with Crippen LogP contribution in [0.1, 0.15) is 24.9 Å². The van der Waals surface area contributed by atoms with E-state index in [4.69, 9.17) is 0 Å². The van der Waals surface area contributed by atoms with Gasteiger partial charge in [0.2, 0.25) is 0 Å². The molecule has 1 atom stereocenters. The Morgan fingerprint density at radius 2 is 2.00 bits per heavy atom. The summed E-state index contributed by atoms with van der Waals surface area (Å²) in [5, 5.41) is 13.1. The largest absolute Gasteiger partial charge is 0.508 e. The highest BCUT2D eigenvalue weighted by atomic mass is 19.1. The summed E-state index contributed by atoms with van der Waals surface area (Å²) in [7, 11) is 2.16. The van der Waals surface area contributed by atoms with Crippen LogP contribution in [0.25, 0.3) is 0 Å². The van der Waals surface area contributed by atoms with Gasteiger partial charge >= 0.3 is 0 Å². The quantitative estimate of drug-likeness (QED) is 0.785. The van der Waals surface area contributed by atoms with Crippen molar-refractivity contribution in [2.45, 2.75) is 19.4 Å². The van der Waals surface area contributed by atoms with E-state index < -0.39 is 5.82 Å². The molecule has 2 rings (SSSR count). The van der Waals surface area contributed by atoms with Gasteiger partial charge in [-0.2, -0.15) is 0 Å². The number of benzene rings is 1. The molecule has 0 spiro atoms. The van der Waals surface area contributed by atoms with Crippen molar-refractivity contribution < 1.29 is 9.50 Å². The third-order valence-corrected chi connectivity index (χ3v) is 4.16. The van der Waals surface area contributed by atoms with E-state index in [1.54, 1.807) is 6.07 Å². The van der Waals surface area contributed by atoms with Gasteiger partial charge in [-0.05, 0) is 39.5 Å². The van der Waals surface area contributed by atoms with Crippen LogP contribution in [0.2, 0.25) is 0 Å². The van der Waals surface area contributed by atoms with Gasteiger partial charge in [-0.25, -0.2) is 4.39 Å². The van der Waals surface area contributed by atoms with E-state index in [2.05, 4.69) is 22.2 Å². The smallest absolute Gasteiger partial charge is 0.126 e. The van der Waals surface area contributed by atoms with E-state index in [0.717, 1.165) is 57.3 Å². The number of phenols is 1. The van der Waals surface area contributed by atoms with Crippen LogP contribution in [-0.4, -0.2) is 61.2 Å². The molecule has 1 aliphatic rings. The van der Waals surface area contributed by atoms with Gasteiger partial charge in [0.1, 0.15) is 11.6 Å². The Kier molecular flexibility index (Phi) is 5.96. The maximum atomic E-state index is 13.0. The van der Waals surface area contributed by atoms with E-state index in [9.17, 15) is 9.50 Å². The molecule has 1 aromatic carbocycles. The minimum absolute atomic E-state index is 0.0223. The minimum Gasteiger partial charge on any atom is -0.508 e. The zero-order chi connectivity index (χ0) is 15.2. The third kappa shape index (κ3) is 4.95. The first-order valence-electron chi connectivity index (χ1n) is 7.69. The van der Waals surface area contributed by atoms with Crippen molar-refractivity contribution in [3.63, 3.8) is 0 Å². The zero-order valence-electron chi connectivity index (χ0n) is 13.0. The highest BCUT2D eigenvalue weighted by Crippen LogP contribution is 2.24. The maximum absolute atomic E-state index is 13.0. The van der Waals surface area contributed by atoms with Gasteiger partial charge in [0.15, 0.2) is 0 Å². The molecule has 0 bridgehead atoms. The summed E-state index contributed by atoms with van der Waals surface area (Å²) in [5.41, 5.74) is 0.746. The average molecular weight is 295 g/mol. The van der Waals surface area contributed by atoms with Crippen molar-refractivity contribution in [1.82, 2.24) is 15.1 Å². The first-order valence-corrected chi connectivity index (χ1v) is 7.69. The number of likely N-dealkylation sites (N-methyl/N-ethyl adjacent to an activating group) is 1. The second kappa shape index (κ2) is 7.73. The molecule has 0 radical (unpaired) electrons. The fourth-order valence-electron chi connectivity index (χ4n) is 2.69. The van der Waals surface area contributed by atoms with E-state index in [-0.39, 0.29) is 11.8 Å². The molecule has 0 saturated carbocycles. The normalized spacial score (nSPS) is 18.8. The first kappa shape index (κ1) is 16.2. The van der Waals surface area contributed by atoms with Crippen molar-refractivity contribution >= 4 is 0 Å². The molecular formula is C16H26FN3O. The first-order chi connectivity index (χ1) is 10.1. The molecule has 4 nitrogen and oxygen atoms in total. The number of nitrogens with one attached hydrogen (secondary N) is 1. The van der Waals surface area contributed by atoms with Crippen molar-refractivity contribution in [1.29, 1.82) is 0 Å². The number of hydrogen-bond acceptors (Lipinski definition) is 4. The van der Waals surface area contributed by atoms with E-state index >= 15 is 0 Å². The van der Waals surface area contributed by atoms with Gasteiger partial charge < -0.3 is 20.2 Å². The molecule has 1 unspecified atom stereocenters. The number of piperazine rings is 1. The molecule has 0 aliphatic carbocycles. The predicted octanol–water partition coefficient (Wildman–Crippen LogP) is 1.82. The van der Waals surface area contributed by atoms with E-state index in [1.165, 1.54) is 6.07 Å². The van der Waals surface area contributed by atoms with Gasteiger partial charge in [0.05, 0.1) is 0 Å². The van der Waals surface area contributed by atoms with Gasteiger partial charge in [0.25, 0.3) is 0 Å². The lowest BCUT2D eigenvalue weighted by atomic mass is 10.1. The van der Waals surface area contributed by atoms with E-state index in [1.807, 2.05) is 6.92 Å². The molecule has 0 aromatic heterocycles. The van der Waals surface area contributed by atoms with Crippen LogP contribution in [0.3, 0.4) is 0 Å². The standard InChI is InChI=1S/C16H26FN3O/c1-13(15-5-4-14(17)12-16(15)21)18-6-3-7-20-10-8-19(2)9-11-20/h4-5,12-13,18,21H,3,6-11H2,1-2H3. The summed E-state index contributed by atoms with van der Waals surface area (Å²) < 4.78 is 13.0. The molecule has 1 saturated heterocycles. The zero-order valence-corrected chi connectivity index (χ0v) is 13.0. The summed E-state index contributed by atoms with van der Waals surface area (Å²) in [6.07, 6.45) is 1.08. The lowest BCUT2D eigenvalue weighted by Crippen LogP contribution is -2.45. The number of aromatic hydroxyl groups is 1. The lowest BCUT2D eigenvalue weighted by Gasteiger charge is -2.32. The fraction of sp³-hybridized carbons (Fsp3) is 0.625. The Morgan fingerprint density at radius 1 is 1.29 bits per heavy atom. The van der Waals surface area contributed by atoms with E-state index in [0.29, 0.717) is 0 Å². The lowest BCUT2D eigenvalue weighted by molar-refractivity contribution is 0.152. The highest BCUT2D eigenvalue weighted by Gasteiger charge is 2.14. The molecule has 5 heteroatoms. The molecule has 1 aromatic rings. The number of nitrogens with zero attached hydrogens (tertiary/aromatic N) is 2. The number of phenolic OH excluding ortho intramolecular Hbond substituents is 1. The number of hydrogen-bond donors (Lipinski definition) is 2. The fourth-order valence-corrected chi connectivity index (χ4v) is 2.69. The van der Waals surface area contributed by atoms with Crippen molar-refractivity contribution in [3.8, 4) is 5.75 Å². The maximum Gasteiger partial charge on any atom is 0.126 e. The topological polar surface area (TPSA) is 38.7 Å². The average Bonchev–Trinajstić information content (AvgIpc) is 2.45. The Labute approximate surface area is 126 Å². The number of halogens is 1. The van der Waals surface area contributed by atoms with Gasteiger partial charge in [-0.1, -0.05) is 6.07 Å². The molecule has 2 N–H and O–H groups in total. The van der Waals surface area contributed by atoms with Crippen LogP contribution in [-0.2, 0) is 0 Å². The summed E-state index contributed by atoms with van der Waals surface area (Å²) >= 11 is 0. The summed E-state index contributed by atoms with van der Waals surface area (Å²) in [6.45, 7) is 8.56. The second-order valence-corrected chi connectivity index (χ2v) is 5.88. The summed E-state index contributed by atoms with van der Waals surface area (Å²) in [5.74, 6) is -0.382. The molecule has 0 amide bonds. The third-order valence-electron chi connectivity index (χ3n) is 4.16.